The Bertz CT molecular complexity index is 473. The van der Waals surface area contributed by atoms with E-state index in [0.29, 0.717) is 0 Å². The summed E-state index contributed by atoms with van der Waals surface area (Å²) in [6, 6.07) is 2.01. The molecule has 0 radical (unpaired) electrons. The van der Waals surface area contributed by atoms with Crippen LogP contribution in [0.1, 0.15) is 29.8 Å². The largest absolute Gasteiger partial charge is 0.329 e. The molecule has 2 rings (SSSR count). The molecule has 0 spiro atoms. The normalized spacial score (nSPS) is 12.7. The molecule has 0 saturated carbocycles. The van der Waals surface area contributed by atoms with Crippen LogP contribution in [0.4, 0.5) is 0 Å². The zero-order valence-electron chi connectivity index (χ0n) is 9.59. The van der Waals surface area contributed by atoms with Crippen molar-refractivity contribution in [1.29, 1.82) is 0 Å². The monoisotopic (exact) mass is 216 g/mol. The number of pyridine rings is 1. The second-order valence-corrected chi connectivity index (χ2v) is 4.04. The summed E-state index contributed by atoms with van der Waals surface area (Å²) in [4.78, 5) is 8.27. The number of aryl methyl sites for hydroxylation is 1. The summed E-state index contributed by atoms with van der Waals surface area (Å²) in [7, 11) is 0. The van der Waals surface area contributed by atoms with E-state index in [2.05, 4.69) is 21.5 Å². The van der Waals surface area contributed by atoms with Crippen LogP contribution in [0, 0.1) is 6.92 Å². The van der Waals surface area contributed by atoms with Crippen LogP contribution < -0.4 is 5.73 Å². The average molecular weight is 216 g/mol. The van der Waals surface area contributed by atoms with Gasteiger partial charge in [-0.3, -0.25) is 4.98 Å². The summed E-state index contributed by atoms with van der Waals surface area (Å²) >= 11 is 0. The minimum atomic E-state index is -0.000484. The summed E-state index contributed by atoms with van der Waals surface area (Å²) in [5.41, 5.74) is 9.35. The van der Waals surface area contributed by atoms with Gasteiger partial charge in [-0.2, -0.15) is 0 Å². The number of imidazole rings is 1. The maximum atomic E-state index is 5.87. The third kappa shape index (κ3) is 2.12. The van der Waals surface area contributed by atoms with Crippen molar-refractivity contribution >= 4 is 0 Å². The quantitative estimate of drug-likeness (QED) is 0.848. The number of rotatable bonds is 3. The highest BCUT2D eigenvalue weighted by molar-refractivity contribution is 5.22. The lowest BCUT2D eigenvalue weighted by molar-refractivity contribution is 0.671. The Morgan fingerprint density at radius 1 is 1.38 bits per heavy atom. The van der Waals surface area contributed by atoms with E-state index in [1.54, 1.807) is 6.20 Å². The van der Waals surface area contributed by atoms with E-state index < -0.39 is 0 Å². The summed E-state index contributed by atoms with van der Waals surface area (Å²) < 4.78 is 2.06. The standard InChI is InChI=1S/C12H16N4/c1-9-3-4-14-5-11(9)7-16-8-15-6-12(16)10(2)13/h3-6,8,10H,7,13H2,1-2H3/t10-/m1/s1. The number of hydrogen-bond acceptors (Lipinski definition) is 3. The Balaban J connectivity index is 2.27. The first-order valence-electron chi connectivity index (χ1n) is 5.33. The van der Waals surface area contributed by atoms with Gasteiger partial charge in [0.05, 0.1) is 18.6 Å². The lowest BCUT2D eigenvalue weighted by Gasteiger charge is -2.11. The number of aromatic nitrogens is 3. The SMILES string of the molecule is Cc1ccncc1Cn1cncc1[C@@H](C)N. The Labute approximate surface area is 95.1 Å². The lowest BCUT2D eigenvalue weighted by Crippen LogP contribution is -2.12. The first kappa shape index (κ1) is 10.8. The van der Waals surface area contributed by atoms with Gasteiger partial charge in [0.2, 0.25) is 0 Å². The van der Waals surface area contributed by atoms with Gasteiger partial charge in [-0.25, -0.2) is 4.98 Å². The van der Waals surface area contributed by atoms with Gasteiger partial charge in [0.1, 0.15) is 0 Å². The molecule has 0 aliphatic carbocycles. The molecular weight excluding hydrogens is 200 g/mol. The molecule has 2 heterocycles. The molecule has 2 aromatic heterocycles. The maximum absolute atomic E-state index is 5.87. The fourth-order valence-electron chi connectivity index (χ4n) is 1.69. The summed E-state index contributed by atoms with van der Waals surface area (Å²) in [6.07, 6.45) is 7.32. The van der Waals surface area contributed by atoms with E-state index in [4.69, 9.17) is 5.73 Å². The highest BCUT2D eigenvalue weighted by Gasteiger charge is 2.07. The topological polar surface area (TPSA) is 56.7 Å². The van der Waals surface area contributed by atoms with Crippen LogP contribution in [-0.2, 0) is 6.54 Å². The maximum Gasteiger partial charge on any atom is 0.0951 e. The molecule has 0 aliphatic rings. The molecule has 2 aromatic rings. The summed E-state index contributed by atoms with van der Waals surface area (Å²) in [6.45, 7) is 4.82. The van der Waals surface area contributed by atoms with Gasteiger partial charge < -0.3 is 10.3 Å². The minimum absolute atomic E-state index is 0.000484. The van der Waals surface area contributed by atoms with E-state index in [1.807, 2.05) is 31.7 Å². The van der Waals surface area contributed by atoms with Crippen LogP contribution in [-0.4, -0.2) is 14.5 Å². The second kappa shape index (κ2) is 4.45. The molecule has 0 aliphatic heterocycles. The third-order valence-electron chi connectivity index (χ3n) is 2.70. The van der Waals surface area contributed by atoms with Crippen LogP contribution in [0.3, 0.4) is 0 Å². The molecule has 0 saturated heterocycles. The van der Waals surface area contributed by atoms with Crippen LogP contribution in [0.5, 0.6) is 0 Å². The van der Waals surface area contributed by atoms with E-state index in [0.717, 1.165) is 12.2 Å². The Kier molecular flexibility index (Phi) is 3.01. The molecule has 2 N–H and O–H groups in total. The van der Waals surface area contributed by atoms with Gasteiger partial charge in [-0.15, -0.1) is 0 Å². The Morgan fingerprint density at radius 2 is 2.19 bits per heavy atom. The predicted octanol–water partition coefficient (Wildman–Crippen LogP) is 1.65. The second-order valence-electron chi connectivity index (χ2n) is 4.04. The van der Waals surface area contributed by atoms with Crippen molar-refractivity contribution in [3.63, 3.8) is 0 Å². The Hall–Kier alpha value is -1.68. The molecule has 1 atom stereocenters. The van der Waals surface area contributed by atoms with Gasteiger partial charge >= 0.3 is 0 Å². The highest BCUT2D eigenvalue weighted by atomic mass is 15.1. The molecule has 16 heavy (non-hydrogen) atoms. The van der Waals surface area contributed by atoms with Crippen molar-refractivity contribution in [2.45, 2.75) is 26.4 Å². The number of hydrogen-bond donors (Lipinski definition) is 1. The summed E-state index contributed by atoms with van der Waals surface area (Å²) in [5.74, 6) is 0. The molecule has 0 fully saturated rings. The van der Waals surface area contributed by atoms with E-state index in [9.17, 15) is 0 Å². The van der Waals surface area contributed by atoms with Crippen molar-refractivity contribution in [1.82, 2.24) is 14.5 Å². The fourth-order valence-corrected chi connectivity index (χ4v) is 1.69. The van der Waals surface area contributed by atoms with Gasteiger partial charge in [0.25, 0.3) is 0 Å². The van der Waals surface area contributed by atoms with E-state index in [1.165, 1.54) is 11.1 Å². The zero-order chi connectivity index (χ0) is 11.5. The van der Waals surface area contributed by atoms with Crippen molar-refractivity contribution in [2.24, 2.45) is 5.73 Å². The van der Waals surface area contributed by atoms with Gasteiger partial charge in [-0.1, -0.05) is 0 Å². The predicted molar refractivity (Wildman–Crippen MR) is 62.9 cm³/mol. The number of nitrogens with zero attached hydrogens (tertiary/aromatic N) is 3. The fraction of sp³-hybridized carbons (Fsp3) is 0.333. The zero-order valence-corrected chi connectivity index (χ0v) is 9.59. The van der Waals surface area contributed by atoms with Crippen molar-refractivity contribution in [2.75, 3.05) is 0 Å². The van der Waals surface area contributed by atoms with Gasteiger partial charge in [0.15, 0.2) is 0 Å². The molecule has 0 amide bonds. The van der Waals surface area contributed by atoms with Crippen LogP contribution in [0.2, 0.25) is 0 Å². The van der Waals surface area contributed by atoms with Gasteiger partial charge in [0, 0.05) is 24.6 Å². The van der Waals surface area contributed by atoms with Crippen LogP contribution in [0.25, 0.3) is 0 Å². The van der Waals surface area contributed by atoms with Crippen molar-refractivity contribution in [3.05, 3.63) is 47.8 Å². The highest BCUT2D eigenvalue weighted by Crippen LogP contribution is 2.13. The molecule has 4 nitrogen and oxygen atoms in total. The molecule has 4 heteroatoms. The van der Waals surface area contributed by atoms with Gasteiger partial charge in [-0.05, 0) is 31.0 Å². The third-order valence-corrected chi connectivity index (χ3v) is 2.70. The van der Waals surface area contributed by atoms with Crippen molar-refractivity contribution < 1.29 is 0 Å². The minimum Gasteiger partial charge on any atom is -0.329 e. The van der Waals surface area contributed by atoms with Crippen molar-refractivity contribution in [3.8, 4) is 0 Å². The molecular formula is C12H16N4. The molecule has 84 valence electrons. The molecule has 0 aromatic carbocycles. The van der Waals surface area contributed by atoms with E-state index >= 15 is 0 Å². The number of nitrogens with two attached hydrogens (primary N) is 1. The smallest absolute Gasteiger partial charge is 0.0951 e. The first-order valence-corrected chi connectivity index (χ1v) is 5.33. The lowest BCUT2D eigenvalue weighted by atomic mass is 10.1. The van der Waals surface area contributed by atoms with Crippen LogP contribution in [0.15, 0.2) is 31.0 Å². The molecule has 0 bridgehead atoms. The van der Waals surface area contributed by atoms with Crippen LogP contribution >= 0.6 is 0 Å². The summed E-state index contributed by atoms with van der Waals surface area (Å²) in [5, 5.41) is 0. The van der Waals surface area contributed by atoms with E-state index in [-0.39, 0.29) is 6.04 Å². The average Bonchev–Trinajstić information content (AvgIpc) is 2.69. The first-order chi connectivity index (χ1) is 7.68. The Morgan fingerprint density at radius 3 is 2.88 bits per heavy atom. The molecule has 0 unspecified atom stereocenters.